The number of fused-ring (bicyclic) bond motifs is 1. The van der Waals surface area contributed by atoms with Crippen molar-refractivity contribution in [2.45, 2.75) is 33.2 Å². The molecule has 2 aromatic carbocycles. The number of carbonyl (C=O) groups is 3. The third-order valence-corrected chi connectivity index (χ3v) is 5.17. The fraction of sp³-hybridized carbons (Fsp3) is 0.318. The zero-order chi connectivity index (χ0) is 20.4. The lowest BCUT2D eigenvalue weighted by molar-refractivity contribution is -0.121. The summed E-state index contributed by atoms with van der Waals surface area (Å²) in [6.07, 6.45) is 0.635. The van der Waals surface area contributed by atoms with Crippen molar-refractivity contribution in [1.82, 2.24) is 4.90 Å². The fourth-order valence-electron chi connectivity index (χ4n) is 3.44. The molecule has 146 valence electrons. The Hall–Kier alpha value is -3.15. The van der Waals surface area contributed by atoms with Crippen molar-refractivity contribution in [1.29, 1.82) is 0 Å². The van der Waals surface area contributed by atoms with Crippen LogP contribution >= 0.6 is 0 Å². The van der Waals surface area contributed by atoms with E-state index in [0.717, 1.165) is 10.5 Å². The minimum Gasteiger partial charge on any atom is -0.495 e. The number of rotatable bonds is 6. The van der Waals surface area contributed by atoms with Gasteiger partial charge in [-0.05, 0) is 42.7 Å². The van der Waals surface area contributed by atoms with E-state index in [0.29, 0.717) is 29.0 Å². The Morgan fingerprint density at radius 3 is 2.25 bits per heavy atom. The molecule has 3 amide bonds. The lowest BCUT2D eigenvalue weighted by atomic mass is 9.96. The van der Waals surface area contributed by atoms with Gasteiger partial charge in [-0.2, -0.15) is 0 Å². The highest BCUT2D eigenvalue weighted by atomic mass is 16.5. The number of nitrogens with one attached hydrogen (secondary N) is 1. The molecular weight excluding hydrogens is 356 g/mol. The molecule has 6 heteroatoms. The van der Waals surface area contributed by atoms with Gasteiger partial charge >= 0.3 is 0 Å². The van der Waals surface area contributed by atoms with Gasteiger partial charge in [-0.15, -0.1) is 0 Å². The van der Waals surface area contributed by atoms with Crippen LogP contribution in [0, 0.1) is 12.8 Å². The van der Waals surface area contributed by atoms with Gasteiger partial charge in [0.25, 0.3) is 11.8 Å². The standard InChI is InChI=1S/C22H24N2O4/c1-5-14(3)19(20(25)23-17-12-13(2)10-11-18(17)28-4)24-21(26)15-8-6-7-9-16(15)22(24)27/h6-12,14,19H,5H2,1-4H3,(H,23,25). The number of imide groups is 1. The van der Waals surface area contributed by atoms with Gasteiger partial charge in [-0.1, -0.05) is 38.5 Å². The molecule has 2 atom stereocenters. The van der Waals surface area contributed by atoms with Crippen LogP contribution in [-0.4, -0.2) is 35.8 Å². The Balaban J connectivity index is 1.96. The molecule has 1 heterocycles. The maximum absolute atomic E-state index is 13.2. The normalized spacial score (nSPS) is 15.2. The maximum Gasteiger partial charge on any atom is 0.262 e. The number of hydrogen-bond acceptors (Lipinski definition) is 4. The van der Waals surface area contributed by atoms with E-state index in [1.54, 1.807) is 36.4 Å². The summed E-state index contributed by atoms with van der Waals surface area (Å²) < 4.78 is 5.32. The predicted octanol–water partition coefficient (Wildman–Crippen LogP) is 3.65. The zero-order valence-electron chi connectivity index (χ0n) is 16.5. The molecule has 0 bridgehead atoms. The summed E-state index contributed by atoms with van der Waals surface area (Å²) in [5.74, 6) is -0.968. The molecule has 0 aromatic heterocycles. The molecule has 1 N–H and O–H groups in total. The second kappa shape index (κ2) is 7.84. The van der Waals surface area contributed by atoms with Crippen molar-refractivity contribution >= 4 is 23.4 Å². The van der Waals surface area contributed by atoms with Gasteiger partial charge in [-0.3, -0.25) is 19.3 Å². The third-order valence-electron chi connectivity index (χ3n) is 5.17. The summed E-state index contributed by atoms with van der Waals surface area (Å²) >= 11 is 0. The molecule has 0 saturated heterocycles. The van der Waals surface area contributed by atoms with Crippen LogP contribution in [0.25, 0.3) is 0 Å². The lowest BCUT2D eigenvalue weighted by Crippen LogP contribution is -2.50. The van der Waals surface area contributed by atoms with Gasteiger partial charge in [0.2, 0.25) is 5.91 Å². The van der Waals surface area contributed by atoms with Gasteiger partial charge in [0, 0.05) is 0 Å². The van der Waals surface area contributed by atoms with E-state index < -0.39 is 23.8 Å². The summed E-state index contributed by atoms with van der Waals surface area (Å²) in [6.45, 7) is 5.70. The van der Waals surface area contributed by atoms with E-state index in [2.05, 4.69) is 5.32 Å². The fourth-order valence-corrected chi connectivity index (χ4v) is 3.44. The molecule has 6 nitrogen and oxygen atoms in total. The summed E-state index contributed by atoms with van der Waals surface area (Å²) in [7, 11) is 1.52. The van der Waals surface area contributed by atoms with Crippen LogP contribution < -0.4 is 10.1 Å². The SMILES string of the molecule is CCC(C)C(C(=O)Nc1cc(C)ccc1OC)N1C(=O)c2ccccc2C1=O. The van der Waals surface area contributed by atoms with Crippen LogP contribution in [0.3, 0.4) is 0 Å². The van der Waals surface area contributed by atoms with Gasteiger partial charge in [0.05, 0.1) is 23.9 Å². The van der Waals surface area contributed by atoms with E-state index in [4.69, 9.17) is 4.74 Å². The molecule has 0 saturated carbocycles. The second-order valence-corrected chi connectivity index (χ2v) is 7.05. The van der Waals surface area contributed by atoms with Gasteiger partial charge < -0.3 is 10.1 Å². The highest BCUT2D eigenvalue weighted by Gasteiger charge is 2.44. The largest absolute Gasteiger partial charge is 0.495 e. The highest BCUT2D eigenvalue weighted by molar-refractivity contribution is 6.23. The maximum atomic E-state index is 13.2. The number of anilines is 1. The summed E-state index contributed by atoms with van der Waals surface area (Å²) in [5.41, 5.74) is 2.14. The molecule has 2 aromatic rings. The second-order valence-electron chi connectivity index (χ2n) is 7.05. The smallest absolute Gasteiger partial charge is 0.262 e. The number of methoxy groups -OCH3 is 1. The molecule has 0 spiro atoms. The van der Waals surface area contributed by atoms with Crippen LogP contribution in [0.1, 0.15) is 46.5 Å². The van der Waals surface area contributed by atoms with Crippen molar-refractivity contribution < 1.29 is 19.1 Å². The van der Waals surface area contributed by atoms with Crippen LogP contribution in [-0.2, 0) is 4.79 Å². The number of carbonyl (C=O) groups excluding carboxylic acids is 3. The first-order valence-electron chi connectivity index (χ1n) is 9.31. The Kier molecular flexibility index (Phi) is 5.49. The quantitative estimate of drug-likeness (QED) is 0.776. The lowest BCUT2D eigenvalue weighted by Gasteiger charge is -2.30. The minimum absolute atomic E-state index is 0.210. The molecule has 3 rings (SSSR count). The number of nitrogens with zero attached hydrogens (tertiary/aromatic N) is 1. The van der Waals surface area contributed by atoms with E-state index in [1.807, 2.05) is 26.8 Å². The molecule has 0 radical (unpaired) electrons. The zero-order valence-corrected chi connectivity index (χ0v) is 16.5. The van der Waals surface area contributed by atoms with Crippen molar-refractivity contribution in [2.75, 3.05) is 12.4 Å². The third kappa shape index (κ3) is 3.38. The number of benzene rings is 2. The summed E-state index contributed by atoms with van der Waals surface area (Å²) in [6, 6.07) is 11.2. The first-order valence-corrected chi connectivity index (χ1v) is 9.31. The number of hydrogen-bond donors (Lipinski definition) is 1. The van der Waals surface area contributed by atoms with Crippen LogP contribution in [0.2, 0.25) is 0 Å². The molecule has 0 fully saturated rings. The van der Waals surface area contributed by atoms with Crippen LogP contribution in [0.5, 0.6) is 5.75 Å². The Labute approximate surface area is 164 Å². The Bertz CT molecular complexity index is 903. The molecular formula is C22H24N2O4. The van der Waals surface area contributed by atoms with Crippen LogP contribution in [0.15, 0.2) is 42.5 Å². The van der Waals surface area contributed by atoms with Gasteiger partial charge in [0.15, 0.2) is 0 Å². The first-order chi connectivity index (χ1) is 13.4. The van der Waals surface area contributed by atoms with Gasteiger partial charge in [0.1, 0.15) is 11.8 Å². The van der Waals surface area contributed by atoms with Crippen molar-refractivity contribution in [3.05, 3.63) is 59.2 Å². The number of ether oxygens (including phenoxy) is 1. The summed E-state index contributed by atoms with van der Waals surface area (Å²) in [4.78, 5) is 40.1. The first kappa shape index (κ1) is 19.6. The average molecular weight is 380 g/mol. The molecule has 1 aliphatic rings. The van der Waals surface area contributed by atoms with Crippen molar-refractivity contribution in [3.8, 4) is 5.75 Å². The van der Waals surface area contributed by atoms with Crippen LogP contribution in [0.4, 0.5) is 5.69 Å². The predicted molar refractivity (Wildman–Crippen MR) is 107 cm³/mol. The van der Waals surface area contributed by atoms with E-state index in [9.17, 15) is 14.4 Å². The minimum atomic E-state index is -0.914. The van der Waals surface area contributed by atoms with Crippen molar-refractivity contribution in [2.24, 2.45) is 5.92 Å². The highest BCUT2D eigenvalue weighted by Crippen LogP contribution is 2.30. The number of aryl methyl sites for hydroxylation is 1. The summed E-state index contributed by atoms with van der Waals surface area (Å²) in [5, 5.41) is 2.85. The van der Waals surface area contributed by atoms with Gasteiger partial charge in [-0.25, -0.2) is 0 Å². The van der Waals surface area contributed by atoms with E-state index >= 15 is 0 Å². The molecule has 28 heavy (non-hydrogen) atoms. The number of amides is 3. The van der Waals surface area contributed by atoms with E-state index in [1.165, 1.54) is 7.11 Å². The van der Waals surface area contributed by atoms with Crippen molar-refractivity contribution in [3.63, 3.8) is 0 Å². The average Bonchev–Trinajstić information content (AvgIpc) is 2.94. The monoisotopic (exact) mass is 380 g/mol. The molecule has 0 aliphatic carbocycles. The van der Waals surface area contributed by atoms with E-state index in [-0.39, 0.29) is 5.92 Å². The Morgan fingerprint density at radius 2 is 1.71 bits per heavy atom. The topological polar surface area (TPSA) is 75.7 Å². The molecule has 1 aliphatic heterocycles. The Morgan fingerprint density at radius 1 is 1.11 bits per heavy atom. The molecule has 2 unspecified atom stereocenters.